The van der Waals surface area contributed by atoms with Crippen LogP contribution in [-0.4, -0.2) is 70.5 Å². The molecule has 11 heteroatoms. The molecular formula is C27H37N3O7S. The molecule has 2 aromatic carbocycles. The second kappa shape index (κ2) is 12.9. The average Bonchev–Trinajstić information content (AvgIpc) is 3.52. The zero-order chi connectivity index (χ0) is 27.1. The van der Waals surface area contributed by atoms with Crippen LogP contribution < -0.4 is 15.4 Å². The molecule has 2 saturated heterocycles. The normalized spacial score (nSPS) is 22.6. The molecule has 4 rings (SSSR count). The van der Waals surface area contributed by atoms with Gasteiger partial charge in [0.2, 0.25) is 10.0 Å². The molecule has 1 amide bonds. The summed E-state index contributed by atoms with van der Waals surface area (Å²) in [6.45, 7) is 5.47. The summed E-state index contributed by atoms with van der Waals surface area (Å²) in [6.07, 6.45) is -1.67. The third-order valence-electron chi connectivity index (χ3n) is 6.67. The Morgan fingerprint density at radius 2 is 1.82 bits per heavy atom. The van der Waals surface area contributed by atoms with Gasteiger partial charge in [0.25, 0.3) is 0 Å². The van der Waals surface area contributed by atoms with Crippen LogP contribution in [0, 0.1) is 11.8 Å². The first-order valence-electron chi connectivity index (χ1n) is 13.0. The monoisotopic (exact) mass is 547 g/mol. The lowest BCUT2D eigenvalue weighted by atomic mass is 10.0. The van der Waals surface area contributed by atoms with Crippen LogP contribution >= 0.6 is 0 Å². The number of fused-ring (bicyclic) bond motifs is 1. The van der Waals surface area contributed by atoms with E-state index in [0.29, 0.717) is 12.5 Å². The van der Waals surface area contributed by atoms with Crippen molar-refractivity contribution in [1.82, 2.24) is 10.0 Å². The van der Waals surface area contributed by atoms with E-state index in [1.807, 2.05) is 30.3 Å². The summed E-state index contributed by atoms with van der Waals surface area (Å²) in [7, 11) is -3.88. The van der Waals surface area contributed by atoms with E-state index in [2.05, 4.69) is 29.2 Å². The minimum absolute atomic E-state index is 0.0166. The van der Waals surface area contributed by atoms with Crippen LogP contribution in [0.2, 0.25) is 0 Å². The first-order chi connectivity index (χ1) is 18.2. The van der Waals surface area contributed by atoms with E-state index in [4.69, 9.17) is 14.2 Å². The van der Waals surface area contributed by atoms with Crippen molar-refractivity contribution < 1.29 is 32.5 Å². The molecule has 2 aromatic rings. The number of ether oxygens (including phenoxy) is 3. The number of anilines is 1. The van der Waals surface area contributed by atoms with E-state index in [-0.39, 0.29) is 36.7 Å². The lowest BCUT2D eigenvalue weighted by molar-refractivity contribution is -0.0907. The number of hydrogen-bond acceptors (Lipinski definition) is 8. The highest BCUT2D eigenvalue weighted by Gasteiger charge is 2.44. The van der Waals surface area contributed by atoms with Crippen molar-refractivity contribution in [1.29, 1.82) is 0 Å². The maximum atomic E-state index is 12.9. The first kappa shape index (κ1) is 28.3. The summed E-state index contributed by atoms with van der Waals surface area (Å²) in [6, 6.07) is 15.0. The number of aliphatic hydroxyl groups is 1. The van der Waals surface area contributed by atoms with Crippen LogP contribution in [0.15, 0.2) is 59.5 Å². The minimum atomic E-state index is -3.88. The lowest BCUT2D eigenvalue weighted by Crippen LogP contribution is -2.50. The fraction of sp³-hybridized carbons (Fsp3) is 0.519. The van der Waals surface area contributed by atoms with Crippen LogP contribution in [0.5, 0.6) is 0 Å². The molecule has 0 aliphatic carbocycles. The number of sulfonamides is 1. The van der Waals surface area contributed by atoms with Crippen molar-refractivity contribution in [2.24, 2.45) is 11.8 Å². The van der Waals surface area contributed by atoms with Crippen LogP contribution in [0.1, 0.15) is 25.8 Å². The highest BCUT2D eigenvalue weighted by Crippen LogP contribution is 2.33. The van der Waals surface area contributed by atoms with Gasteiger partial charge >= 0.3 is 6.09 Å². The molecular weight excluding hydrogens is 510 g/mol. The average molecular weight is 548 g/mol. The van der Waals surface area contributed by atoms with E-state index in [9.17, 15) is 18.3 Å². The predicted molar refractivity (Wildman–Crippen MR) is 142 cm³/mol. The highest BCUT2D eigenvalue weighted by molar-refractivity contribution is 7.89. The molecule has 0 spiro atoms. The second-order valence-electron chi connectivity index (χ2n) is 10.1. The third-order valence-corrected chi connectivity index (χ3v) is 8.11. The van der Waals surface area contributed by atoms with Gasteiger partial charge in [0.15, 0.2) is 6.29 Å². The molecule has 2 aliphatic rings. The standard InChI is InChI=1S/C27H37N3O7S/c1-18(2)15-28-20-8-10-21(11-9-20)38(33,34)29-16-24(31)23(14-19-6-4-3-5-7-19)30-27(32)37-25-17-36-26-22(25)12-13-35-26/h3-11,18,22-26,28-29,31H,12-17H2,1-2H3,(H,30,32)/t22-,23-,24+,25+,26+/m1/s1. The van der Waals surface area contributed by atoms with Crippen molar-refractivity contribution in [3.63, 3.8) is 0 Å². The molecule has 2 heterocycles. The van der Waals surface area contributed by atoms with Crippen molar-refractivity contribution in [3.05, 3.63) is 60.2 Å². The van der Waals surface area contributed by atoms with Crippen LogP contribution in [-0.2, 0) is 30.7 Å². The summed E-state index contributed by atoms with van der Waals surface area (Å²) in [5, 5.41) is 16.9. The quantitative estimate of drug-likeness (QED) is 0.318. The molecule has 38 heavy (non-hydrogen) atoms. The van der Waals surface area contributed by atoms with Crippen LogP contribution in [0.4, 0.5) is 10.5 Å². The van der Waals surface area contributed by atoms with E-state index in [0.717, 1.165) is 24.2 Å². The van der Waals surface area contributed by atoms with Gasteiger partial charge < -0.3 is 30.0 Å². The summed E-state index contributed by atoms with van der Waals surface area (Å²) >= 11 is 0. The van der Waals surface area contributed by atoms with Gasteiger partial charge in [-0.1, -0.05) is 44.2 Å². The van der Waals surface area contributed by atoms with Gasteiger partial charge in [0.1, 0.15) is 6.10 Å². The number of aliphatic hydroxyl groups excluding tert-OH is 1. The SMILES string of the molecule is CC(C)CNc1ccc(S(=O)(=O)NC[C@H](O)[C@@H](Cc2ccccc2)NC(=O)O[C@H]2CO[C@@H]3OCC[C@@H]32)cc1. The Morgan fingerprint density at radius 3 is 2.53 bits per heavy atom. The molecule has 2 fully saturated rings. The highest BCUT2D eigenvalue weighted by atomic mass is 32.2. The zero-order valence-electron chi connectivity index (χ0n) is 21.7. The second-order valence-corrected chi connectivity index (χ2v) is 11.9. The minimum Gasteiger partial charge on any atom is -0.443 e. The number of alkyl carbamates (subject to hydrolysis) is 1. The molecule has 0 aromatic heterocycles. The maximum absolute atomic E-state index is 12.9. The Morgan fingerprint density at radius 1 is 1.08 bits per heavy atom. The van der Waals surface area contributed by atoms with Gasteiger partial charge in [-0.25, -0.2) is 17.9 Å². The molecule has 4 N–H and O–H groups in total. The van der Waals surface area contributed by atoms with Crippen LogP contribution in [0.25, 0.3) is 0 Å². The van der Waals surface area contributed by atoms with Gasteiger partial charge in [0.05, 0.1) is 36.2 Å². The molecule has 0 unspecified atom stereocenters. The van der Waals surface area contributed by atoms with Crippen molar-refractivity contribution >= 4 is 21.8 Å². The lowest BCUT2D eigenvalue weighted by Gasteiger charge is -2.25. The fourth-order valence-corrected chi connectivity index (χ4v) is 5.57. The van der Waals surface area contributed by atoms with Gasteiger partial charge in [-0.3, -0.25) is 0 Å². The van der Waals surface area contributed by atoms with Crippen molar-refractivity contribution in [2.45, 2.75) is 56.1 Å². The number of carbonyl (C=O) groups excluding carboxylic acids is 1. The molecule has 0 radical (unpaired) electrons. The Balaban J connectivity index is 1.37. The molecule has 0 saturated carbocycles. The molecule has 5 atom stereocenters. The number of benzene rings is 2. The largest absolute Gasteiger partial charge is 0.443 e. The summed E-state index contributed by atoms with van der Waals surface area (Å²) < 4.78 is 44.8. The number of nitrogens with one attached hydrogen (secondary N) is 3. The molecule has 2 aliphatic heterocycles. The topological polar surface area (TPSA) is 135 Å². The zero-order valence-corrected chi connectivity index (χ0v) is 22.5. The predicted octanol–water partition coefficient (Wildman–Crippen LogP) is 2.49. The summed E-state index contributed by atoms with van der Waals surface area (Å²) in [4.78, 5) is 12.8. The summed E-state index contributed by atoms with van der Waals surface area (Å²) in [5.74, 6) is 0.438. The number of rotatable bonds is 12. The third kappa shape index (κ3) is 7.67. The first-order valence-corrected chi connectivity index (χ1v) is 14.5. The molecule has 0 bridgehead atoms. The number of carbonyl (C=O) groups is 1. The van der Waals surface area contributed by atoms with Gasteiger partial charge in [0, 0.05) is 18.8 Å². The number of hydrogen-bond donors (Lipinski definition) is 4. The summed E-state index contributed by atoms with van der Waals surface area (Å²) in [5.41, 5.74) is 1.70. The molecule has 10 nitrogen and oxygen atoms in total. The van der Waals surface area contributed by atoms with Gasteiger partial charge in [-0.15, -0.1) is 0 Å². The van der Waals surface area contributed by atoms with Crippen molar-refractivity contribution in [3.8, 4) is 0 Å². The Labute approximate surface area is 224 Å². The Hall–Kier alpha value is -2.70. The maximum Gasteiger partial charge on any atom is 0.407 e. The smallest absolute Gasteiger partial charge is 0.407 e. The Kier molecular flexibility index (Phi) is 9.61. The fourth-order valence-electron chi connectivity index (χ4n) is 4.52. The van der Waals surface area contributed by atoms with E-state index >= 15 is 0 Å². The van der Waals surface area contributed by atoms with E-state index < -0.39 is 34.4 Å². The van der Waals surface area contributed by atoms with Crippen LogP contribution in [0.3, 0.4) is 0 Å². The van der Waals surface area contributed by atoms with Gasteiger partial charge in [-0.2, -0.15) is 0 Å². The molecule has 208 valence electrons. The Bertz CT molecular complexity index is 1150. The van der Waals surface area contributed by atoms with E-state index in [1.165, 1.54) is 12.1 Å². The van der Waals surface area contributed by atoms with Gasteiger partial charge in [-0.05, 0) is 48.6 Å². The van der Waals surface area contributed by atoms with E-state index in [1.54, 1.807) is 12.1 Å². The number of amides is 1. The van der Waals surface area contributed by atoms with Crippen molar-refractivity contribution in [2.75, 3.05) is 31.6 Å².